The normalized spacial score (nSPS) is 22.8. The Morgan fingerprint density at radius 1 is 0.920 bits per heavy atom. The topological polar surface area (TPSA) is 76.7 Å². The molecule has 25 heavy (non-hydrogen) atoms. The Balaban J connectivity index is 1.53. The summed E-state index contributed by atoms with van der Waals surface area (Å²) < 4.78 is 10.5. The summed E-state index contributed by atoms with van der Waals surface area (Å²) in [6.07, 6.45) is 5.24. The monoisotopic (exact) mass is 346 g/mol. The van der Waals surface area contributed by atoms with Crippen LogP contribution >= 0.6 is 0 Å². The number of hydrogen-bond acceptors (Lipinski definition) is 4. The van der Waals surface area contributed by atoms with Crippen LogP contribution in [-0.2, 0) is 9.59 Å². The summed E-state index contributed by atoms with van der Waals surface area (Å²) in [6.45, 7) is 0. The lowest BCUT2D eigenvalue weighted by molar-refractivity contribution is -0.128. The average molecular weight is 346 g/mol. The van der Waals surface area contributed by atoms with E-state index in [9.17, 15) is 9.59 Å². The van der Waals surface area contributed by atoms with Crippen LogP contribution in [0.3, 0.4) is 0 Å². The molecule has 136 valence electrons. The van der Waals surface area contributed by atoms with Gasteiger partial charge in [0.05, 0.1) is 19.9 Å². The van der Waals surface area contributed by atoms with Crippen LogP contribution in [0.4, 0.5) is 5.69 Å². The van der Waals surface area contributed by atoms with E-state index < -0.39 is 0 Å². The molecule has 1 aromatic carbocycles. The van der Waals surface area contributed by atoms with Gasteiger partial charge in [-0.3, -0.25) is 9.59 Å². The van der Waals surface area contributed by atoms with Gasteiger partial charge in [-0.15, -0.1) is 0 Å². The highest BCUT2D eigenvalue weighted by molar-refractivity contribution is 5.94. The second-order valence-electron chi connectivity index (χ2n) is 6.89. The summed E-state index contributed by atoms with van der Waals surface area (Å²) in [4.78, 5) is 24.7. The summed E-state index contributed by atoms with van der Waals surface area (Å²) in [5, 5.41) is 6.01. The van der Waals surface area contributed by atoms with E-state index in [-0.39, 0.29) is 23.7 Å². The quantitative estimate of drug-likeness (QED) is 0.830. The molecule has 0 heterocycles. The molecule has 0 spiro atoms. The Hall–Kier alpha value is -2.24. The first kappa shape index (κ1) is 17.6. The number of carbonyl (C=O) groups excluding carboxylic acids is 2. The van der Waals surface area contributed by atoms with Gasteiger partial charge in [0, 0.05) is 23.9 Å². The Morgan fingerprint density at radius 3 is 2.12 bits per heavy atom. The predicted octanol–water partition coefficient (Wildman–Crippen LogP) is 2.73. The number of nitrogens with one attached hydrogen (secondary N) is 2. The molecule has 2 fully saturated rings. The van der Waals surface area contributed by atoms with Gasteiger partial charge in [-0.25, -0.2) is 0 Å². The van der Waals surface area contributed by atoms with Crippen LogP contribution in [0.1, 0.15) is 38.5 Å². The number of ether oxygens (including phenoxy) is 2. The standard InChI is InChI=1S/C19H26N2O4/c1-24-15-9-10-16(17(11-15)25-2)21-19(23)13-5-3-12(4-6-13)18(22)20-14-7-8-14/h9-14H,3-8H2,1-2H3,(H,20,22)(H,21,23). The highest BCUT2D eigenvalue weighted by Gasteiger charge is 2.32. The third-order valence-electron chi connectivity index (χ3n) is 5.06. The first-order chi connectivity index (χ1) is 12.1. The second kappa shape index (κ2) is 7.76. The number of hydrogen-bond donors (Lipinski definition) is 2. The van der Waals surface area contributed by atoms with Gasteiger partial charge in [-0.1, -0.05) is 0 Å². The van der Waals surface area contributed by atoms with Crippen molar-refractivity contribution in [2.45, 2.75) is 44.6 Å². The first-order valence-corrected chi connectivity index (χ1v) is 8.94. The molecule has 3 rings (SSSR count). The Bertz CT molecular complexity index is 634. The van der Waals surface area contributed by atoms with Crippen molar-refractivity contribution in [1.29, 1.82) is 0 Å². The van der Waals surface area contributed by atoms with Crippen LogP contribution in [-0.4, -0.2) is 32.1 Å². The van der Waals surface area contributed by atoms with Crippen molar-refractivity contribution >= 4 is 17.5 Å². The smallest absolute Gasteiger partial charge is 0.227 e. The number of carbonyl (C=O) groups is 2. The summed E-state index contributed by atoms with van der Waals surface area (Å²) >= 11 is 0. The minimum atomic E-state index is -0.0585. The molecule has 6 nitrogen and oxygen atoms in total. The Labute approximate surface area is 148 Å². The third-order valence-corrected chi connectivity index (χ3v) is 5.06. The van der Waals surface area contributed by atoms with Gasteiger partial charge in [0.2, 0.25) is 11.8 Å². The van der Waals surface area contributed by atoms with E-state index >= 15 is 0 Å². The fourth-order valence-corrected chi connectivity index (χ4v) is 3.30. The SMILES string of the molecule is COc1ccc(NC(=O)C2CCC(C(=O)NC3CC3)CC2)c(OC)c1. The van der Waals surface area contributed by atoms with Gasteiger partial charge in [-0.2, -0.15) is 0 Å². The molecule has 0 radical (unpaired) electrons. The molecule has 2 amide bonds. The van der Waals surface area contributed by atoms with E-state index in [1.54, 1.807) is 32.4 Å². The van der Waals surface area contributed by atoms with Crippen LogP contribution < -0.4 is 20.1 Å². The second-order valence-corrected chi connectivity index (χ2v) is 6.89. The van der Waals surface area contributed by atoms with Gasteiger partial charge in [0.25, 0.3) is 0 Å². The van der Waals surface area contributed by atoms with E-state index in [0.717, 1.165) is 38.5 Å². The van der Waals surface area contributed by atoms with Crippen LogP contribution in [0.5, 0.6) is 11.5 Å². The molecule has 0 atom stereocenters. The molecule has 2 N–H and O–H groups in total. The van der Waals surface area contributed by atoms with Gasteiger partial charge < -0.3 is 20.1 Å². The van der Waals surface area contributed by atoms with E-state index in [0.29, 0.717) is 23.2 Å². The van der Waals surface area contributed by atoms with Gasteiger partial charge >= 0.3 is 0 Å². The molecule has 0 aromatic heterocycles. The van der Waals surface area contributed by atoms with E-state index in [2.05, 4.69) is 10.6 Å². The average Bonchev–Trinajstić information content (AvgIpc) is 3.46. The minimum absolute atomic E-state index is 0.00971. The molecular weight excluding hydrogens is 320 g/mol. The molecular formula is C19H26N2O4. The van der Waals surface area contributed by atoms with Crippen molar-refractivity contribution in [3.05, 3.63) is 18.2 Å². The predicted molar refractivity (Wildman–Crippen MR) is 94.8 cm³/mol. The molecule has 0 unspecified atom stereocenters. The maximum Gasteiger partial charge on any atom is 0.227 e. The van der Waals surface area contributed by atoms with Crippen LogP contribution in [0.2, 0.25) is 0 Å². The zero-order valence-corrected chi connectivity index (χ0v) is 14.8. The lowest BCUT2D eigenvalue weighted by atomic mass is 9.81. The van der Waals surface area contributed by atoms with Crippen molar-refractivity contribution in [2.75, 3.05) is 19.5 Å². The highest BCUT2D eigenvalue weighted by atomic mass is 16.5. The fourth-order valence-electron chi connectivity index (χ4n) is 3.30. The fraction of sp³-hybridized carbons (Fsp3) is 0.579. The van der Waals surface area contributed by atoms with Crippen LogP contribution in [0.25, 0.3) is 0 Å². The van der Waals surface area contributed by atoms with Gasteiger partial charge in [0.15, 0.2) is 0 Å². The lowest BCUT2D eigenvalue weighted by Crippen LogP contribution is -2.36. The molecule has 2 saturated carbocycles. The van der Waals surface area contributed by atoms with Crippen molar-refractivity contribution in [2.24, 2.45) is 11.8 Å². The molecule has 2 aliphatic carbocycles. The molecule has 6 heteroatoms. The summed E-state index contributed by atoms with van der Waals surface area (Å²) in [5.41, 5.74) is 0.641. The molecule has 0 bridgehead atoms. The van der Waals surface area contributed by atoms with Crippen molar-refractivity contribution in [3.8, 4) is 11.5 Å². The summed E-state index contributed by atoms with van der Waals surface area (Å²) in [6, 6.07) is 5.71. The van der Waals surface area contributed by atoms with Crippen LogP contribution in [0.15, 0.2) is 18.2 Å². The number of rotatable bonds is 6. The minimum Gasteiger partial charge on any atom is -0.497 e. The summed E-state index contributed by atoms with van der Waals surface area (Å²) in [7, 11) is 3.15. The van der Waals surface area contributed by atoms with E-state index in [1.807, 2.05) is 0 Å². The number of methoxy groups -OCH3 is 2. The molecule has 0 saturated heterocycles. The number of benzene rings is 1. The van der Waals surface area contributed by atoms with Gasteiger partial charge in [0.1, 0.15) is 11.5 Å². The molecule has 2 aliphatic rings. The Morgan fingerprint density at radius 2 is 1.56 bits per heavy atom. The summed E-state index contributed by atoms with van der Waals surface area (Å²) in [5.74, 6) is 1.40. The van der Waals surface area contributed by atoms with E-state index in [4.69, 9.17) is 9.47 Å². The maximum atomic E-state index is 12.6. The van der Waals surface area contributed by atoms with Gasteiger partial charge in [-0.05, 0) is 50.7 Å². The molecule has 0 aliphatic heterocycles. The zero-order chi connectivity index (χ0) is 17.8. The third kappa shape index (κ3) is 4.44. The number of anilines is 1. The Kier molecular flexibility index (Phi) is 5.46. The zero-order valence-electron chi connectivity index (χ0n) is 14.8. The first-order valence-electron chi connectivity index (χ1n) is 8.94. The number of amides is 2. The van der Waals surface area contributed by atoms with E-state index in [1.165, 1.54) is 0 Å². The largest absolute Gasteiger partial charge is 0.497 e. The maximum absolute atomic E-state index is 12.6. The highest BCUT2D eigenvalue weighted by Crippen LogP contribution is 2.33. The van der Waals surface area contributed by atoms with Crippen molar-refractivity contribution in [3.63, 3.8) is 0 Å². The van der Waals surface area contributed by atoms with Crippen molar-refractivity contribution < 1.29 is 19.1 Å². The lowest BCUT2D eigenvalue weighted by Gasteiger charge is -2.27. The van der Waals surface area contributed by atoms with Crippen LogP contribution in [0, 0.1) is 11.8 Å². The van der Waals surface area contributed by atoms with Crippen molar-refractivity contribution in [1.82, 2.24) is 5.32 Å². The molecule has 1 aromatic rings.